The number of carbonyl (C=O) groups is 3. The highest BCUT2D eigenvalue weighted by Gasteiger charge is 2.37. The van der Waals surface area contributed by atoms with Gasteiger partial charge in [0.05, 0.1) is 16.4 Å². The second-order valence-electron chi connectivity index (χ2n) is 6.28. The molecule has 0 spiro atoms. The summed E-state index contributed by atoms with van der Waals surface area (Å²) in [4.78, 5) is 38.5. The van der Waals surface area contributed by atoms with Crippen LogP contribution in [0.25, 0.3) is 6.08 Å². The van der Waals surface area contributed by atoms with Gasteiger partial charge in [-0.3, -0.25) is 14.9 Å². The molecular weight excluding hydrogens is 475 g/mol. The summed E-state index contributed by atoms with van der Waals surface area (Å²) >= 11 is 1.92. The van der Waals surface area contributed by atoms with Crippen LogP contribution >= 0.6 is 22.6 Å². The van der Waals surface area contributed by atoms with Crippen LogP contribution in [-0.2, 0) is 9.59 Å². The Bertz CT molecular complexity index is 1050. The van der Waals surface area contributed by atoms with Crippen molar-refractivity contribution in [2.24, 2.45) is 0 Å². The third-order valence-electron chi connectivity index (χ3n) is 4.43. The van der Waals surface area contributed by atoms with E-state index in [1.165, 1.54) is 19.3 Å². The van der Waals surface area contributed by atoms with Crippen LogP contribution in [-0.4, -0.2) is 30.1 Å². The molecule has 28 heavy (non-hydrogen) atoms. The van der Waals surface area contributed by atoms with Crippen molar-refractivity contribution < 1.29 is 24.2 Å². The number of nitrogens with zero attached hydrogens (tertiary/aromatic N) is 1. The van der Waals surface area contributed by atoms with E-state index in [1.54, 1.807) is 24.3 Å². The van der Waals surface area contributed by atoms with E-state index in [-0.39, 0.29) is 17.1 Å². The Morgan fingerprint density at radius 3 is 2.46 bits per heavy atom. The minimum absolute atomic E-state index is 0.0309. The van der Waals surface area contributed by atoms with Crippen LogP contribution in [0.4, 0.5) is 10.5 Å². The van der Waals surface area contributed by atoms with Crippen LogP contribution in [0.3, 0.4) is 0 Å². The number of ether oxygens (including phenoxy) is 1. The van der Waals surface area contributed by atoms with Crippen LogP contribution < -0.4 is 15.0 Å². The number of rotatable bonds is 3. The molecule has 2 aromatic rings. The monoisotopic (exact) mass is 492 g/mol. The molecule has 1 heterocycles. The van der Waals surface area contributed by atoms with E-state index in [0.717, 1.165) is 16.0 Å². The molecule has 0 aromatic heterocycles. The molecule has 1 aliphatic rings. The van der Waals surface area contributed by atoms with Gasteiger partial charge in [-0.05, 0) is 83.5 Å². The number of anilines is 1. The van der Waals surface area contributed by atoms with Gasteiger partial charge in [0.25, 0.3) is 11.8 Å². The molecule has 0 unspecified atom stereocenters. The second kappa shape index (κ2) is 7.63. The van der Waals surface area contributed by atoms with Gasteiger partial charge in [0.1, 0.15) is 5.57 Å². The molecule has 0 saturated carbocycles. The average Bonchev–Trinajstić information content (AvgIpc) is 2.64. The summed E-state index contributed by atoms with van der Waals surface area (Å²) in [6.45, 7) is 3.80. The Morgan fingerprint density at radius 1 is 1.11 bits per heavy atom. The van der Waals surface area contributed by atoms with E-state index >= 15 is 0 Å². The van der Waals surface area contributed by atoms with E-state index in [1.807, 2.05) is 36.4 Å². The van der Waals surface area contributed by atoms with Gasteiger partial charge in [-0.2, -0.15) is 0 Å². The Balaban J connectivity index is 2.06. The molecule has 1 saturated heterocycles. The zero-order chi connectivity index (χ0) is 20.6. The number of phenols is 1. The summed E-state index contributed by atoms with van der Waals surface area (Å²) in [5.74, 6) is -1.32. The molecular formula is C20H17IN2O5. The highest BCUT2D eigenvalue weighted by molar-refractivity contribution is 14.1. The standard InChI is InChI=1S/C20H17IN2O5/c1-10-4-5-13(6-11(10)2)23-19(26)14(18(25)22-20(23)27)7-12-8-15(21)17(24)16(9-12)28-3/h4-9,24H,1-3H3,(H,22,25,27). The lowest BCUT2D eigenvalue weighted by Gasteiger charge is -2.26. The molecule has 1 aliphatic heterocycles. The maximum Gasteiger partial charge on any atom is 0.335 e. The Kier molecular flexibility index (Phi) is 5.41. The van der Waals surface area contributed by atoms with Crippen molar-refractivity contribution >= 4 is 52.2 Å². The fraction of sp³-hybridized carbons (Fsp3) is 0.150. The molecule has 0 radical (unpaired) electrons. The lowest BCUT2D eigenvalue weighted by molar-refractivity contribution is -0.122. The van der Waals surface area contributed by atoms with Crippen LogP contribution in [0.5, 0.6) is 11.5 Å². The predicted molar refractivity (Wildman–Crippen MR) is 112 cm³/mol. The summed E-state index contributed by atoms with van der Waals surface area (Å²) in [6.07, 6.45) is 1.36. The fourth-order valence-electron chi connectivity index (χ4n) is 2.76. The number of imide groups is 2. The molecule has 2 aromatic carbocycles. The summed E-state index contributed by atoms with van der Waals surface area (Å²) < 4.78 is 5.60. The minimum Gasteiger partial charge on any atom is -0.504 e. The molecule has 2 N–H and O–H groups in total. The maximum atomic E-state index is 12.9. The maximum absolute atomic E-state index is 12.9. The van der Waals surface area contributed by atoms with Gasteiger partial charge in [0.15, 0.2) is 11.5 Å². The number of aromatic hydroxyl groups is 1. The van der Waals surface area contributed by atoms with Crippen molar-refractivity contribution in [3.05, 3.63) is 56.2 Å². The molecule has 0 aliphatic carbocycles. The van der Waals surface area contributed by atoms with Gasteiger partial charge in [0.2, 0.25) is 0 Å². The number of nitrogens with one attached hydrogen (secondary N) is 1. The Labute approximate surface area is 175 Å². The number of carbonyl (C=O) groups excluding carboxylic acids is 3. The van der Waals surface area contributed by atoms with E-state index in [2.05, 4.69) is 5.32 Å². The molecule has 4 amide bonds. The summed E-state index contributed by atoms with van der Waals surface area (Å²) in [5, 5.41) is 12.1. The number of amides is 4. The van der Waals surface area contributed by atoms with Gasteiger partial charge < -0.3 is 9.84 Å². The number of halogens is 1. The summed E-state index contributed by atoms with van der Waals surface area (Å²) in [6, 6.07) is 7.48. The summed E-state index contributed by atoms with van der Waals surface area (Å²) in [5.41, 5.74) is 2.60. The van der Waals surface area contributed by atoms with Crippen molar-refractivity contribution in [1.29, 1.82) is 0 Å². The molecule has 7 nitrogen and oxygen atoms in total. The van der Waals surface area contributed by atoms with Gasteiger partial charge in [-0.15, -0.1) is 0 Å². The van der Waals surface area contributed by atoms with Crippen LogP contribution in [0.2, 0.25) is 0 Å². The number of hydrogen-bond donors (Lipinski definition) is 2. The molecule has 3 rings (SSSR count). The van der Waals surface area contributed by atoms with Gasteiger partial charge in [-0.1, -0.05) is 6.07 Å². The third-order valence-corrected chi connectivity index (χ3v) is 5.25. The van der Waals surface area contributed by atoms with Crippen molar-refractivity contribution in [1.82, 2.24) is 5.32 Å². The number of benzene rings is 2. The van der Waals surface area contributed by atoms with E-state index in [4.69, 9.17) is 4.74 Å². The first-order valence-electron chi connectivity index (χ1n) is 8.28. The zero-order valence-electron chi connectivity index (χ0n) is 15.4. The lowest BCUT2D eigenvalue weighted by atomic mass is 10.0. The first kappa shape index (κ1) is 19.9. The average molecular weight is 492 g/mol. The Morgan fingerprint density at radius 2 is 1.82 bits per heavy atom. The van der Waals surface area contributed by atoms with Crippen LogP contribution in [0.15, 0.2) is 35.9 Å². The number of barbiturate groups is 1. The normalized spacial score (nSPS) is 15.8. The quantitative estimate of drug-likeness (QED) is 0.390. The van der Waals surface area contributed by atoms with Gasteiger partial charge >= 0.3 is 6.03 Å². The number of hydrogen-bond acceptors (Lipinski definition) is 5. The molecule has 8 heteroatoms. The molecule has 1 fully saturated rings. The van der Waals surface area contributed by atoms with Crippen molar-refractivity contribution in [2.75, 3.05) is 12.0 Å². The topological polar surface area (TPSA) is 95.9 Å². The Hall–Kier alpha value is -2.88. The highest BCUT2D eigenvalue weighted by atomic mass is 127. The fourth-order valence-corrected chi connectivity index (χ4v) is 3.38. The van der Waals surface area contributed by atoms with Crippen LogP contribution in [0.1, 0.15) is 16.7 Å². The van der Waals surface area contributed by atoms with Crippen molar-refractivity contribution in [3.8, 4) is 11.5 Å². The second-order valence-corrected chi connectivity index (χ2v) is 7.44. The SMILES string of the molecule is COc1cc(C=C2C(=O)NC(=O)N(c3ccc(C)c(C)c3)C2=O)cc(I)c1O. The number of urea groups is 1. The first-order chi connectivity index (χ1) is 13.2. The van der Waals surface area contributed by atoms with E-state index in [0.29, 0.717) is 14.8 Å². The van der Waals surface area contributed by atoms with Crippen molar-refractivity contribution in [3.63, 3.8) is 0 Å². The smallest absolute Gasteiger partial charge is 0.335 e. The van der Waals surface area contributed by atoms with Gasteiger partial charge in [0, 0.05) is 0 Å². The largest absolute Gasteiger partial charge is 0.504 e. The number of phenolic OH excluding ortho intramolecular Hbond substituents is 1. The van der Waals surface area contributed by atoms with Crippen LogP contribution in [0, 0.1) is 17.4 Å². The number of methoxy groups -OCH3 is 1. The van der Waals surface area contributed by atoms with E-state index in [9.17, 15) is 19.5 Å². The highest BCUT2D eigenvalue weighted by Crippen LogP contribution is 2.33. The third kappa shape index (κ3) is 3.59. The van der Waals surface area contributed by atoms with Gasteiger partial charge in [-0.25, -0.2) is 9.69 Å². The number of aryl methyl sites for hydroxylation is 2. The zero-order valence-corrected chi connectivity index (χ0v) is 17.5. The predicted octanol–water partition coefficient (Wildman–Crippen LogP) is 3.29. The minimum atomic E-state index is -0.798. The van der Waals surface area contributed by atoms with Crippen molar-refractivity contribution in [2.45, 2.75) is 13.8 Å². The molecule has 0 atom stereocenters. The molecule has 0 bridgehead atoms. The van der Waals surface area contributed by atoms with E-state index < -0.39 is 17.8 Å². The molecule has 144 valence electrons. The first-order valence-corrected chi connectivity index (χ1v) is 9.36. The summed E-state index contributed by atoms with van der Waals surface area (Å²) in [7, 11) is 1.40. The lowest BCUT2D eigenvalue weighted by Crippen LogP contribution is -2.54.